The monoisotopic (exact) mass is 339 g/mol. The quantitative estimate of drug-likeness (QED) is 0.782. The van der Waals surface area contributed by atoms with E-state index in [1.807, 2.05) is 30.3 Å². The summed E-state index contributed by atoms with van der Waals surface area (Å²) in [7, 11) is 0. The number of alkyl halides is 1. The number of hydrogen-bond donors (Lipinski definition) is 1. The molecule has 108 valence electrons. The molecule has 2 aromatic carbocycles. The van der Waals surface area contributed by atoms with Crippen LogP contribution < -0.4 is 5.32 Å². The molecule has 1 aliphatic rings. The zero-order chi connectivity index (χ0) is 15.0. The lowest BCUT2D eigenvalue weighted by molar-refractivity contribution is -0.115. The fraction of sp³-hybridized carbons (Fsp3) is 0.188. The van der Waals surface area contributed by atoms with Gasteiger partial charge in [-0.2, -0.15) is 0 Å². The van der Waals surface area contributed by atoms with Gasteiger partial charge in [0.25, 0.3) is 0 Å². The van der Waals surface area contributed by atoms with Gasteiger partial charge >= 0.3 is 0 Å². The molecule has 1 heterocycles. The van der Waals surface area contributed by atoms with E-state index in [0.717, 1.165) is 22.4 Å². The minimum atomic E-state index is -0.250. The molecule has 0 saturated carbocycles. The molecular formula is C16H12Cl3NO. The van der Waals surface area contributed by atoms with Crippen LogP contribution in [0.15, 0.2) is 36.4 Å². The third-order valence-electron chi connectivity index (χ3n) is 3.51. The van der Waals surface area contributed by atoms with Crippen LogP contribution in [0.4, 0.5) is 5.69 Å². The van der Waals surface area contributed by atoms with Crippen molar-refractivity contribution in [1.29, 1.82) is 0 Å². The van der Waals surface area contributed by atoms with Crippen molar-refractivity contribution in [2.75, 3.05) is 5.32 Å². The first-order chi connectivity index (χ1) is 10.0. The van der Waals surface area contributed by atoms with Crippen molar-refractivity contribution < 1.29 is 4.79 Å². The van der Waals surface area contributed by atoms with E-state index in [-0.39, 0.29) is 11.3 Å². The first-order valence-corrected chi connectivity index (χ1v) is 7.73. The highest BCUT2D eigenvalue weighted by Crippen LogP contribution is 2.36. The third kappa shape index (κ3) is 3.18. The van der Waals surface area contributed by atoms with Gasteiger partial charge in [0, 0.05) is 15.7 Å². The minimum absolute atomic E-state index is 0.0120. The highest BCUT2D eigenvalue weighted by molar-refractivity contribution is 6.33. The molecule has 21 heavy (non-hydrogen) atoms. The highest BCUT2D eigenvalue weighted by atomic mass is 35.5. The number of hydrogen-bond acceptors (Lipinski definition) is 1. The van der Waals surface area contributed by atoms with Gasteiger partial charge in [0.05, 0.1) is 11.8 Å². The molecule has 0 saturated heterocycles. The highest BCUT2D eigenvalue weighted by Gasteiger charge is 2.22. The minimum Gasteiger partial charge on any atom is -0.325 e. The van der Waals surface area contributed by atoms with E-state index in [9.17, 15) is 4.79 Å². The average molecular weight is 341 g/mol. The molecule has 2 aromatic rings. The van der Waals surface area contributed by atoms with E-state index >= 15 is 0 Å². The van der Waals surface area contributed by atoms with Gasteiger partial charge in [-0.25, -0.2) is 0 Å². The Labute approximate surface area is 138 Å². The normalized spacial score (nSPS) is 14.7. The largest absolute Gasteiger partial charge is 0.325 e. The van der Waals surface area contributed by atoms with E-state index in [2.05, 4.69) is 5.32 Å². The molecule has 0 fully saturated rings. The molecule has 5 heteroatoms. The number of rotatable bonds is 3. The summed E-state index contributed by atoms with van der Waals surface area (Å²) in [4.78, 5) is 11.4. The Kier molecular flexibility index (Phi) is 4.12. The molecular weight excluding hydrogens is 329 g/mol. The Balaban J connectivity index is 1.85. The summed E-state index contributed by atoms with van der Waals surface area (Å²) >= 11 is 18.7. The van der Waals surface area contributed by atoms with Crippen LogP contribution in [0.25, 0.3) is 0 Å². The van der Waals surface area contributed by atoms with Crippen LogP contribution in [0, 0.1) is 0 Å². The van der Waals surface area contributed by atoms with Gasteiger partial charge < -0.3 is 5.32 Å². The van der Waals surface area contributed by atoms with Gasteiger partial charge in [0.1, 0.15) is 0 Å². The van der Waals surface area contributed by atoms with Gasteiger partial charge in [-0.05, 0) is 41.3 Å². The summed E-state index contributed by atoms with van der Waals surface area (Å²) in [5.74, 6) is -0.0120. The number of amides is 1. The van der Waals surface area contributed by atoms with Gasteiger partial charge in [-0.15, -0.1) is 11.6 Å². The molecule has 0 spiro atoms. The summed E-state index contributed by atoms with van der Waals surface area (Å²) in [6.07, 6.45) is 1.03. The smallest absolute Gasteiger partial charge is 0.228 e. The van der Waals surface area contributed by atoms with E-state index in [1.54, 1.807) is 6.07 Å². The first-order valence-electron chi connectivity index (χ1n) is 6.53. The summed E-state index contributed by atoms with van der Waals surface area (Å²) < 4.78 is 0. The zero-order valence-corrected chi connectivity index (χ0v) is 13.3. The van der Waals surface area contributed by atoms with Gasteiger partial charge in [-0.3, -0.25) is 4.79 Å². The van der Waals surface area contributed by atoms with Gasteiger partial charge in [0.2, 0.25) is 5.91 Å². The molecule has 0 aliphatic carbocycles. The Bertz CT molecular complexity index is 697. The summed E-state index contributed by atoms with van der Waals surface area (Å²) in [5.41, 5.74) is 3.67. The molecule has 1 aliphatic heterocycles. The second-order valence-electron chi connectivity index (χ2n) is 5.05. The van der Waals surface area contributed by atoms with Crippen molar-refractivity contribution >= 4 is 46.4 Å². The molecule has 0 aromatic heterocycles. The van der Waals surface area contributed by atoms with E-state index in [4.69, 9.17) is 34.8 Å². The van der Waals surface area contributed by atoms with E-state index in [1.165, 1.54) is 0 Å². The van der Waals surface area contributed by atoms with Crippen molar-refractivity contribution in [2.24, 2.45) is 0 Å². The Morgan fingerprint density at radius 2 is 1.86 bits per heavy atom. The van der Waals surface area contributed by atoms with Crippen molar-refractivity contribution in [3.05, 3.63) is 63.1 Å². The molecule has 0 radical (unpaired) electrons. The molecule has 1 N–H and O–H groups in total. The van der Waals surface area contributed by atoms with Crippen LogP contribution >= 0.6 is 34.8 Å². The molecule has 0 bridgehead atoms. The van der Waals surface area contributed by atoms with Crippen LogP contribution in [0.3, 0.4) is 0 Å². The lowest BCUT2D eigenvalue weighted by atomic mass is 10.0. The maximum Gasteiger partial charge on any atom is 0.228 e. The van der Waals surface area contributed by atoms with Crippen LogP contribution in [-0.2, 0) is 17.6 Å². The maximum atomic E-state index is 11.4. The van der Waals surface area contributed by atoms with Crippen LogP contribution in [-0.4, -0.2) is 5.91 Å². The Morgan fingerprint density at radius 3 is 2.57 bits per heavy atom. The topological polar surface area (TPSA) is 29.1 Å². The fourth-order valence-corrected chi connectivity index (χ4v) is 3.28. The van der Waals surface area contributed by atoms with E-state index < -0.39 is 0 Å². The second-order valence-corrected chi connectivity index (χ2v) is 6.42. The van der Waals surface area contributed by atoms with Gasteiger partial charge in [-0.1, -0.05) is 41.4 Å². The number of nitrogens with one attached hydrogen (secondary N) is 1. The second kappa shape index (κ2) is 5.88. The van der Waals surface area contributed by atoms with E-state index in [0.29, 0.717) is 22.9 Å². The maximum absolute atomic E-state index is 11.4. The fourth-order valence-electron chi connectivity index (χ4n) is 2.44. The molecule has 1 amide bonds. The predicted molar refractivity (Wildman–Crippen MR) is 87.5 cm³/mol. The molecule has 1 unspecified atom stereocenters. The number of benzene rings is 2. The van der Waals surface area contributed by atoms with Crippen LogP contribution in [0.2, 0.25) is 10.0 Å². The number of carbonyl (C=O) groups excluding carboxylic acids is 1. The summed E-state index contributed by atoms with van der Waals surface area (Å²) in [6.45, 7) is 0. The lowest BCUT2D eigenvalue weighted by Crippen LogP contribution is -2.03. The SMILES string of the molecule is O=C1Cc2cc(C(Cl)Cc3ccc(Cl)cc3)c(Cl)cc2N1. The summed E-state index contributed by atoms with van der Waals surface area (Å²) in [5, 5.41) is 3.80. The Morgan fingerprint density at radius 1 is 1.14 bits per heavy atom. The van der Waals surface area contributed by atoms with Crippen LogP contribution in [0.5, 0.6) is 0 Å². The molecule has 3 rings (SSSR count). The average Bonchev–Trinajstić information content (AvgIpc) is 2.79. The number of carbonyl (C=O) groups is 1. The third-order valence-corrected chi connectivity index (χ3v) is 4.48. The van der Waals surface area contributed by atoms with Crippen molar-refractivity contribution in [1.82, 2.24) is 0 Å². The standard InChI is InChI=1S/C16H12Cl3NO/c17-11-3-1-9(2-4-11)5-13(18)12-6-10-7-16(21)20-15(10)8-14(12)19/h1-4,6,8,13H,5,7H2,(H,20,21). The molecule has 1 atom stereocenters. The lowest BCUT2D eigenvalue weighted by Gasteiger charge is -2.14. The Hall–Kier alpha value is -1.22. The number of anilines is 1. The van der Waals surface area contributed by atoms with Crippen molar-refractivity contribution in [3.8, 4) is 0 Å². The predicted octanol–water partition coefficient (Wildman–Crippen LogP) is 5.01. The number of fused-ring (bicyclic) bond motifs is 1. The van der Waals surface area contributed by atoms with Crippen molar-refractivity contribution in [3.63, 3.8) is 0 Å². The molecule has 2 nitrogen and oxygen atoms in total. The zero-order valence-electron chi connectivity index (χ0n) is 11.0. The van der Waals surface area contributed by atoms with Crippen LogP contribution in [0.1, 0.15) is 22.1 Å². The summed E-state index contributed by atoms with van der Waals surface area (Å²) in [6, 6.07) is 11.3. The number of halogens is 3. The van der Waals surface area contributed by atoms with Crippen molar-refractivity contribution in [2.45, 2.75) is 18.2 Å². The first kappa shape index (κ1) is 14.7. The van der Waals surface area contributed by atoms with Gasteiger partial charge in [0.15, 0.2) is 0 Å².